The van der Waals surface area contributed by atoms with Gasteiger partial charge in [0, 0.05) is 18.9 Å². The van der Waals surface area contributed by atoms with Crippen LogP contribution in [0.15, 0.2) is 30.9 Å². The van der Waals surface area contributed by atoms with Crippen molar-refractivity contribution in [3.8, 4) is 0 Å². The van der Waals surface area contributed by atoms with E-state index in [0.717, 1.165) is 11.8 Å². The third-order valence-electron chi connectivity index (χ3n) is 2.31. The van der Waals surface area contributed by atoms with E-state index in [4.69, 9.17) is 0 Å². The Balaban J connectivity index is 2.03. The standard InChI is InChI=1S/C12H11FN4O2/c1-19-12(18)9-2-8(3-14-5-9)4-16-11-7-15-10(13)6-17-11/h2-3,5-7H,4H2,1H3,(H,16,17). The van der Waals surface area contributed by atoms with Crippen molar-refractivity contribution in [2.24, 2.45) is 0 Å². The fourth-order valence-electron chi connectivity index (χ4n) is 1.41. The van der Waals surface area contributed by atoms with Gasteiger partial charge in [-0.05, 0) is 11.6 Å². The van der Waals surface area contributed by atoms with E-state index < -0.39 is 11.9 Å². The number of carbonyl (C=O) groups excluding carboxylic acids is 1. The minimum atomic E-state index is -0.639. The van der Waals surface area contributed by atoms with E-state index in [2.05, 4.69) is 25.0 Å². The summed E-state index contributed by atoms with van der Waals surface area (Å²) in [6.45, 7) is 0.387. The molecule has 0 saturated carbocycles. The second kappa shape index (κ2) is 5.85. The lowest BCUT2D eigenvalue weighted by molar-refractivity contribution is 0.0600. The molecule has 0 spiro atoms. The molecule has 2 aromatic heterocycles. The Bertz CT molecular complexity index is 574. The normalized spacial score (nSPS) is 10.0. The van der Waals surface area contributed by atoms with Gasteiger partial charge in [0.05, 0.1) is 25.1 Å². The molecule has 0 aliphatic carbocycles. The number of ether oxygens (including phenoxy) is 1. The van der Waals surface area contributed by atoms with Crippen molar-refractivity contribution < 1.29 is 13.9 Å². The van der Waals surface area contributed by atoms with Crippen molar-refractivity contribution in [1.29, 1.82) is 0 Å². The van der Waals surface area contributed by atoms with Gasteiger partial charge in [-0.1, -0.05) is 0 Å². The summed E-state index contributed by atoms with van der Waals surface area (Å²) in [5.41, 5.74) is 1.14. The number of carbonyl (C=O) groups is 1. The van der Waals surface area contributed by atoms with E-state index in [9.17, 15) is 9.18 Å². The molecule has 2 rings (SSSR count). The average Bonchev–Trinajstić information content (AvgIpc) is 2.46. The average molecular weight is 262 g/mol. The fourth-order valence-corrected chi connectivity index (χ4v) is 1.41. The largest absolute Gasteiger partial charge is 0.465 e. The summed E-state index contributed by atoms with van der Waals surface area (Å²) >= 11 is 0. The Hall–Kier alpha value is -2.57. The van der Waals surface area contributed by atoms with Crippen LogP contribution in [0, 0.1) is 5.95 Å². The second-order valence-corrected chi connectivity index (χ2v) is 3.65. The smallest absolute Gasteiger partial charge is 0.339 e. The Morgan fingerprint density at radius 1 is 1.32 bits per heavy atom. The Morgan fingerprint density at radius 3 is 2.84 bits per heavy atom. The van der Waals surface area contributed by atoms with Crippen molar-refractivity contribution >= 4 is 11.8 Å². The second-order valence-electron chi connectivity index (χ2n) is 3.65. The van der Waals surface area contributed by atoms with Gasteiger partial charge in [0.15, 0.2) is 0 Å². The van der Waals surface area contributed by atoms with Gasteiger partial charge >= 0.3 is 5.97 Å². The number of hydrogen-bond acceptors (Lipinski definition) is 6. The highest BCUT2D eigenvalue weighted by molar-refractivity contribution is 5.89. The number of esters is 1. The van der Waals surface area contributed by atoms with Gasteiger partial charge in [-0.25, -0.2) is 14.8 Å². The first-order valence-electron chi connectivity index (χ1n) is 5.42. The highest BCUT2D eigenvalue weighted by Crippen LogP contribution is 2.07. The topological polar surface area (TPSA) is 77.0 Å². The van der Waals surface area contributed by atoms with E-state index >= 15 is 0 Å². The summed E-state index contributed by atoms with van der Waals surface area (Å²) in [4.78, 5) is 22.5. The molecular formula is C12H11FN4O2. The van der Waals surface area contributed by atoms with Crippen LogP contribution in [0.5, 0.6) is 0 Å². The minimum absolute atomic E-state index is 0.368. The number of pyridine rings is 1. The molecule has 0 radical (unpaired) electrons. The lowest BCUT2D eigenvalue weighted by Crippen LogP contribution is -2.06. The first-order valence-corrected chi connectivity index (χ1v) is 5.42. The van der Waals surface area contributed by atoms with Crippen molar-refractivity contribution in [3.05, 3.63) is 47.9 Å². The highest BCUT2D eigenvalue weighted by atomic mass is 19.1. The number of anilines is 1. The molecule has 1 N–H and O–H groups in total. The summed E-state index contributed by atoms with van der Waals surface area (Å²) < 4.78 is 17.2. The van der Waals surface area contributed by atoms with Gasteiger partial charge in [0.2, 0.25) is 5.95 Å². The molecule has 0 atom stereocenters. The van der Waals surface area contributed by atoms with Crippen molar-refractivity contribution in [2.75, 3.05) is 12.4 Å². The molecule has 2 heterocycles. The zero-order valence-corrected chi connectivity index (χ0v) is 10.1. The van der Waals surface area contributed by atoms with Crippen LogP contribution in [0.25, 0.3) is 0 Å². The number of rotatable bonds is 4. The Kier molecular flexibility index (Phi) is 3.97. The lowest BCUT2D eigenvalue weighted by atomic mass is 10.2. The molecule has 0 unspecified atom stereocenters. The van der Waals surface area contributed by atoms with Gasteiger partial charge in [0.25, 0.3) is 0 Å². The maximum atomic E-state index is 12.6. The van der Waals surface area contributed by atoms with Crippen LogP contribution in [0.1, 0.15) is 15.9 Å². The molecule has 0 aliphatic rings. The van der Waals surface area contributed by atoms with Gasteiger partial charge in [-0.2, -0.15) is 4.39 Å². The van der Waals surface area contributed by atoms with Crippen LogP contribution in [0.4, 0.5) is 10.2 Å². The molecule has 6 nitrogen and oxygen atoms in total. The van der Waals surface area contributed by atoms with Crippen LogP contribution in [-0.4, -0.2) is 28.0 Å². The number of nitrogens with zero attached hydrogens (tertiary/aromatic N) is 3. The SMILES string of the molecule is COC(=O)c1cncc(CNc2cnc(F)cn2)c1. The van der Waals surface area contributed by atoms with Gasteiger partial charge in [-0.3, -0.25) is 4.98 Å². The Morgan fingerprint density at radius 2 is 2.16 bits per heavy atom. The predicted molar refractivity (Wildman–Crippen MR) is 64.9 cm³/mol. The zero-order chi connectivity index (χ0) is 13.7. The summed E-state index contributed by atoms with van der Waals surface area (Å²) in [6.07, 6.45) is 5.34. The van der Waals surface area contributed by atoms with Gasteiger partial charge in [-0.15, -0.1) is 0 Å². The summed E-state index contributed by atoms with van der Waals surface area (Å²) in [6, 6.07) is 1.66. The van der Waals surface area contributed by atoms with Crippen LogP contribution in [-0.2, 0) is 11.3 Å². The quantitative estimate of drug-likeness (QED) is 0.839. The molecule has 0 saturated heterocycles. The molecule has 0 amide bonds. The number of halogens is 1. The van der Waals surface area contributed by atoms with Gasteiger partial charge in [0.1, 0.15) is 5.82 Å². The lowest BCUT2D eigenvalue weighted by Gasteiger charge is -2.06. The number of methoxy groups -OCH3 is 1. The first-order chi connectivity index (χ1) is 9.19. The van der Waals surface area contributed by atoms with E-state index in [1.807, 2.05) is 0 Å². The summed E-state index contributed by atoms with van der Waals surface area (Å²) in [7, 11) is 1.31. The molecule has 0 aromatic carbocycles. The van der Waals surface area contributed by atoms with E-state index in [1.165, 1.54) is 19.5 Å². The zero-order valence-electron chi connectivity index (χ0n) is 10.1. The molecule has 0 bridgehead atoms. The fraction of sp³-hybridized carbons (Fsp3) is 0.167. The number of aromatic nitrogens is 3. The van der Waals surface area contributed by atoms with Crippen LogP contribution < -0.4 is 5.32 Å². The van der Waals surface area contributed by atoms with E-state index in [1.54, 1.807) is 12.3 Å². The third kappa shape index (κ3) is 3.44. The van der Waals surface area contributed by atoms with Crippen molar-refractivity contribution in [3.63, 3.8) is 0 Å². The highest BCUT2D eigenvalue weighted by Gasteiger charge is 2.06. The van der Waals surface area contributed by atoms with E-state index in [-0.39, 0.29) is 0 Å². The molecule has 19 heavy (non-hydrogen) atoms. The number of hydrogen-bond donors (Lipinski definition) is 1. The minimum Gasteiger partial charge on any atom is -0.465 e. The third-order valence-corrected chi connectivity index (χ3v) is 2.31. The first kappa shape index (κ1) is 12.9. The summed E-state index contributed by atoms with van der Waals surface area (Å²) in [5, 5.41) is 2.94. The number of nitrogens with one attached hydrogen (secondary N) is 1. The van der Waals surface area contributed by atoms with Crippen LogP contribution in [0.2, 0.25) is 0 Å². The monoisotopic (exact) mass is 262 g/mol. The molecule has 7 heteroatoms. The maximum absolute atomic E-state index is 12.6. The van der Waals surface area contributed by atoms with Crippen LogP contribution in [0.3, 0.4) is 0 Å². The van der Waals surface area contributed by atoms with E-state index in [0.29, 0.717) is 17.9 Å². The molecule has 98 valence electrons. The molecule has 2 aromatic rings. The predicted octanol–water partition coefficient (Wildman–Crippen LogP) is 1.41. The van der Waals surface area contributed by atoms with Gasteiger partial charge < -0.3 is 10.1 Å². The maximum Gasteiger partial charge on any atom is 0.339 e. The molecular weight excluding hydrogens is 251 g/mol. The Labute approximate surface area is 108 Å². The summed E-state index contributed by atoms with van der Waals surface area (Å²) in [5.74, 6) is -0.652. The van der Waals surface area contributed by atoms with Crippen molar-refractivity contribution in [1.82, 2.24) is 15.0 Å². The molecule has 0 aliphatic heterocycles. The van der Waals surface area contributed by atoms with Crippen LogP contribution >= 0.6 is 0 Å². The molecule has 0 fully saturated rings. The van der Waals surface area contributed by atoms with Crippen molar-refractivity contribution in [2.45, 2.75) is 6.54 Å².